The number of likely N-dealkylation sites (tertiary alicyclic amines) is 1. The molecule has 2 heterocycles. The van der Waals surface area contributed by atoms with E-state index in [-0.39, 0.29) is 12.6 Å². The Morgan fingerprint density at radius 1 is 1.53 bits per heavy atom. The van der Waals surface area contributed by atoms with Gasteiger partial charge in [0.2, 0.25) is 0 Å². The molecule has 1 aromatic rings. The fourth-order valence-corrected chi connectivity index (χ4v) is 1.90. The number of aliphatic carboxylic acids is 1. The van der Waals surface area contributed by atoms with Crippen molar-refractivity contribution in [1.82, 2.24) is 14.7 Å². The predicted octanol–water partition coefficient (Wildman–Crippen LogP) is -0.815. The molecule has 1 aliphatic heterocycles. The molecule has 0 radical (unpaired) electrons. The summed E-state index contributed by atoms with van der Waals surface area (Å²) in [5.74, 6) is -0.872. The molecule has 2 atom stereocenters. The van der Waals surface area contributed by atoms with Crippen LogP contribution in [0, 0.1) is 0 Å². The van der Waals surface area contributed by atoms with Crippen LogP contribution >= 0.6 is 0 Å². The SMILES string of the molecule is O=C(O)CN1C[C@H](O)[C@@H](n2cccn2)C1. The maximum Gasteiger partial charge on any atom is 0.317 e. The number of nitrogens with zero attached hydrogens (tertiary/aromatic N) is 3. The second kappa shape index (κ2) is 4.00. The van der Waals surface area contributed by atoms with Crippen molar-refractivity contribution in [3.63, 3.8) is 0 Å². The summed E-state index contributed by atoms with van der Waals surface area (Å²) in [5.41, 5.74) is 0. The summed E-state index contributed by atoms with van der Waals surface area (Å²) < 4.78 is 1.67. The Morgan fingerprint density at radius 2 is 2.33 bits per heavy atom. The Morgan fingerprint density at radius 3 is 2.93 bits per heavy atom. The molecular weight excluding hydrogens is 198 g/mol. The molecule has 82 valence electrons. The van der Waals surface area contributed by atoms with Gasteiger partial charge in [0.05, 0.1) is 18.7 Å². The molecule has 0 aliphatic carbocycles. The van der Waals surface area contributed by atoms with Gasteiger partial charge in [0.1, 0.15) is 0 Å². The lowest BCUT2D eigenvalue weighted by atomic mass is 10.2. The molecule has 15 heavy (non-hydrogen) atoms. The van der Waals surface area contributed by atoms with Crippen LogP contribution in [0.25, 0.3) is 0 Å². The number of hydrogen-bond donors (Lipinski definition) is 2. The van der Waals surface area contributed by atoms with Gasteiger partial charge in [-0.15, -0.1) is 0 Å². The normalized spacial score (nSPS) is 27.0. The second-order valence-electron chi connectivity index (χ2n) is 3.71. The third kappa shape index (κ3) is 2.16. The molecule has 6 nitrogen and oxygen atoms in total. The van der Waals surface area contributed by atoms with Gasteiger partial charge in [-0.25, -0.2) is 0 Å². The number of carboxylic acids is 1. The zero-order valence-electron chi connectivity index (χ0n) is 8.15. The molecule has 2 rings (SSSR count). The van der Waals surface area contributed by atoms with Crippen LogP contribution in [0.2, 0.25) is 0 Å². The van der Waals surface area contributed by atoms with Crippen LogP contribution in [0.4, 0.5) is 0 Å². The number of hydrogen-bond acceptors (Lipinski definition) is 4. The molecule has 0 amide bonds. The van der Waals surface area contributed by atoms with Crippen molar-refractivity contribution in [1.29, 1.82) is 0 Å². The van der Waals surface area contributed by atoms with Gasteiger partial charge in [-0.3, -0.25) is 14.4 Å². The molecule has 1 aliphatic rings. The third-order valence-corrected chi connectivity index (χ3v) is 2.56. The lowest BCUT2D eigenvalue weighted by Gasteiger charge is -2.13. The van der Waals surface area contributed by atoms with Crippen molar-refractivity contribution in [3.05, 3.63) is 18.5 Å². The van der Waals surface area contributed by atoms with E-state index in [0.717, 1.165) is 0 Å². The first-order valence-electron chi connectivity index (χ1n) is 4.78. The highest BCUT2D eigenvalue weighted by molar-refractivity contribution is 5.69. The maximum atomic E-state index is 10.5. The highest BCUT2D eigenvalue weighted by Gasteiger charge is 2.33. The minimum atomic E-state index is -0.872. The topological polar surface area (TPSA) is 78.6 Å². The van der Waals surface area contributed by atoms with Gasteiger partial charge in [-0.1, -0.05) is 0 Å². The average Bonchev–Trinajstić information content (AvgIpc) is 2.72. The Bertz CT molecular complexity index is 338. The minimum absolute atomic E-state index is 0.0329. The molecule has 1 aromatic heterocycles. The first-order valence-corrected chi connectivity index (χ1v) is 4.78. The summed E-state index contributed by atoms with van der Waals surface area (Å²) in [6, 6.07) is 1.64. The van der Waals surface area contributed by atoms with Crippen molar-refractivity contribution in [2.45, 2.75) is 12.1 Å². The molecule has 0 aromatic carbocycles. The predicted molar refractivity (Wildman–Crippen MR) is 51.3 cm³/mol. The number of aromatic nitrogens is 2. The largest absolute Gasteiger partial charge is 0.480 e. The van der Waals surface area contributed by atoms with Crippen LogP contribution in [0.15, 0.2) is 18.5 Å². The van der Waals surface area contributed by atoms with Crippen molar-refractivity contribution in [2.75, 3.05) is 19.6 Å². The number of carboxylic acid groups (broad SMARTS) is 1. The molecule has 6 heteroatoms. The van der Waals surface area contributed by atoms with Crippen molar-refractivity contribution in [3.8, 4) is 0 Å². The van der Waals surface area contributed by atoms with Gasteiger partial charge in [0.25, 0.3) is 0 Å². The van der Waals surface area contributed by atoms with Crippen LogP contribution in [-0.2, 0) is 4.79 Å². The van der Waals surface area contributed by atoms with Crippen LogP contribution in [0.1, 0.15) is 6.04 Å². The van der Waals surface area contributed by atoms with E-state index in [9.17, 15) is 9.90 Å². The molecule has 2 N–H and O–H groups in total. The van der Waals surface area contributed by atoms with E-state index in [4.69, 9.17) is 5.11 Å². The van der Waals surface area contributed by atoms with Gasteiger partial charge in [0, 0.05) is 25.5 Å². The lowest BCUT2D eigenvalue weighted by Crippen LogP contribution is -2.28. The Hall–Kier alpha value is -1.40. The number of aliphatic hydroxyl groups is 1. The Kier molecular flexibility index (Phi) is 2.70. The Labute approximate surface area is 86.7 Å². The summed E-state index contributed by atoms with van der Waals surface area (Å²) in [5, 5.41) is 22.4. The number of rotatable bonds is 3. The average molecular weight is 211 g/mol. The standard InChI is InChI=1S/C9H13N3O3/c13-8-5-11(6-9(14)15)4-7(8)12-3-1-2-10-12/h1-3,7-8,13H,4-6H2,(H,14,15)/t7-,8-/m0/s1. The van der Waals surface area contributed by atoms with E-state index < -0.39 is 12.1 Å². The highest BCUT2D eigenvalue weighted by Crippen LogP contribution is 2.20. The Balaban J connectivity index is 2.01. The smallest absolute Gasteiger partial charge is 0.317 e. The first kappa shape index (κ1) is 10.1. The number of carbonyl (C=O) groups is 1. The van der Waals surface area contributed by atoms with Crippen molar-refractivity contribution < 1.29 is 15.0 Å². The summed E-state index contributed by atoms with van der Waals surface area (Å²) in [4.78, 5) is 12.2. The van der Waals surface area contributed by atoms with E-state index in [2.05, 4.69) is 5.10 Å². The van der Waals surface area contributed by atoms with Gasteiger partial charge >= 0.3 is 5.97 Å². The first-order chi connectivity index (χ1) is 7.16. The zero-order valence-corrected chi connectivity index (χ0v) is 8.15. The maximum absolute atomic E-state index is 10.5. The number of β-amino-alcohol motifs (C(OH)–C–C–N with tert-alkyl or cyclic N) is 1. The monoisotopic (exact) mass is 211 g/mol. The van der Waals surface area contributed by atoms with Crippen LogP contribution in [0.3, 0.4) is 0 Å². The van der Waals surface area contributed by atoms with Gasteiger partial charge < -0.3 is 10.2 Å². The van der Waals surface area contributed by atoms with Crippen LogP contribution in [0.5, 0.6) is 0 Å². The lowest BCUT2D eigenvalue weighted by molar-refractivity contribution is -0.138. The van der Waals surface area contributed by atoms with E-state index in [1.165, 1.54) is 0 Å². The van der Waals surface area contributed by atoms with Crippen molar-refractivity contribution >= 4 is 5.97 Å². The van der Waals surface area contributed by atoms with Gasteiger partial charge in [-0.2, -0.15) is 5.10 Å². The molecule has 1 saturated heterocycles. The fraction of sp³-hybridized carbons (Fsp3) is 0.556. The van der Waals surface area contributed by atoms with Gasteiger partial charge in [-0.05, 0) is 6.07 Å². The number of aliphatic hydroxyl groups excluding tert-OH is 1. The molecule has 0 unspecified atom stereocenters. The minimum Gasteiger partial charge on any atom is -0.480 e. The summed E-state index contributed by atoms with van der Waals surface area (Å²) in [6.07, 6.45) is 2.87. The van der Waals surface area contributed by atoms with E-state index in [0.29, 0.717) is 13.1 Å². The zero-order chi connectivity index (χ0) is 10.8. The summed E-state index contributed by atoms with van der Waals surface area (Å²) in [7, 11) is 0. The van der Waals surface area contributed by atoms with E-state index >= 15 is 0 Å². The molecular formula is C9H13N3O3. The van der Waals surface area contributed by atoms with Crippen LogP contribution in [-0.4, -0.2) is 56.6 Å². The van der Waals surface area contributed by atoms with Gasteiger partial charge in [0.15, 0.2) is 0 Å². The third-order valence-electron chi connectivity index (χ3n) is 2.56. The molecule has 1 fully saturated rings. The van der Waals surface area contributed by atoms with Crippen molar-refractivity contribution in [2.24, 2.45) is 0 Å². The summed E-state index contributed by atoms with van der Waals surface area (Å²) >= 11 is 0. The fourth-order valence-electron chi connectivity index (χ4n) is 1.90. The highest BCUT2D eigenvalue weighted by atomic mass is 16.4. The quantitative estimate of drug-likeness (QED) is 0.683. The van der Waals surface area contributed by atoms with E-state index in [1.807, 2.05) is 0 Å². The molecule has 0 bridgehead atoms. The summed E-state index contributed by atoms with van der Waals surface area (Å²) in [6.45, 7) is 0.876. The molecule has 0 saturated carbocycles. The van der Waals surface area contributed by atoms with E-state index in [1.54, 1.807) is 28.0 Å². The second-order valence-corrected chi connectivity index (χ2v) is 3.71. The van der Waals surface area contributed by atoms with Crippen LogP contribution < -0.4 is 0 Å². The molecule has 0 spiro atoms.